The average molecular weight is 206 g/mol. The number of nitro benzene ring substituents is 1. The Bertz CT molecular complexity index is 454. The first kappa shape index (κ1) is 9.64. The average Bonchev–Trinajstić information content (AvgIpc) is 2.17. The van der Waals surface area contributed by atoms with Crippen LogP contribution in [-0.2, 0) is 6.42 Å². The molecule has 0 fully saturated rings. The van der Waals surface area contributed by atoms with Crippen LogP contribution in [0.4, 0.5) is 11.4 Å². The van der Waals surface area contributed by atoms with Gasteiger partial charge < -0.3 is 5.73 Å². The standard InChI is InChI=1S/C10H10N2O3/c11-7-4-5-8(12(14)15)6-2-1-3-9(13)10(6)7/h4-5H,1-3,11H2. The van der Waals surface area contributed by atoms with Crippen LogP contribution in [0.25, 0.3) is 0 Å². The van der Waals surface area contributed by atoms with Gasteiger partial charge in [-0.05, 0) is 18.9 Å². The predicted octanol–water partition coefficient (Wildman–Crippen LogP) is 1.70. The Labute approximate surface area is 86.0 Å². The van der Waals surface area contributed by atoms with Crippen LogP contribution < -0.4 is 5.73 Å². The summed E-state index contributed by atoms with van der Waals surface area (Å²) in [7, 11) is 0. The van der Waals surface area contributed by atoms with E-state index in [1.54, 1.807) is 0 Å². The van der Waals surface area contributed by atoms with E-state index in [1.807, 2.05) is 0 Å². The highest BCUT2D eigenvalue weighted by atomic mass is 16.6. The van der Waals surface area contributed by atoms with Crippen LogP contribution in [0.3, 0.4) is 0 Å². The lowest BCUT2D eigenvalue weighted by Crippen LogP contribution is -2.15. The zero-order chi connectivity index (χ0) is 11.0. The molecule has 15 heavy (non-hydrogen) atoms. The van der Waals surface area contributed by atoms with Gasteiger partial charge in [-0.1, -0.05) is 0 Å². The van der Waals surface area contributed by atoms with Gasteiger partial charge in [0, 0.05) is 23.7 Å². The van der Waals surface area contributed by atoms with E-state index in [-0.39, 0.29) is 11.5 Å². The molecule has 0 heterocycles. The minimum absolute atomic E-state index is 0.00671. The number of nitrogens with zero attached hydrogens (tertiary/aromatic N) is 1. The summed E-state index contributed by atoms with van der Waals surface area (Å²) in [6.07, 6.45) is 1.65. The van der Waals surface area contributed by atoms with E-state index < -0.39 is 4.92 Å². The van der Waals surface area contributed by atoms with Crippen LogP contribution >= 0.6 is 0 Å². The van der Waals surface area contributed by atoms with Crippen molar-refractivity contribution in [3.05, 3.63) is 33.4 Å². The van der Waals surface area contributed by atoms with E-state index in [0.29, 0.717) is 36.1 Å². The number of nitro groups is 1. The maximum atomic E-state index is 11.6. The highest BCUT2D eigenvalue weighted by Gasteiger charge is 2.26. The number of anilines is 1. The first-order valence-corrected chi connectivity index (χ1v) is 4.70. The molecule has 0 unspecified atom stereocenters. The first-order valence-electron chi connectivity index (χ1n) is 4.70. The maximum Gasteiger partial charge on any atom is 0.273 e. The van der Waals surface area contributed by atoms with Crippen molar-refractivity contribution in [2.24, 2.45) is 0 Å². The largest absolute Gasteiger partial charge is 0.398 e. The first-order chi connectivity index (χ1) is 7.11. The fraction of sp³-hybridized carbons (Fsp3) is 0.300. The van der Waals surface area contributed by atoms with Gasteiger partial charge in [0.2, 0.25) is 0 Å². The molecule has 2 rings (SSSR count). The van der Waals surface area contributed by atoms with E-state index in [2.05, 4.69) is 0 Å². The van der Waals surface area contributed by atoms with Gasteiger partial charge in [-0.3, -0.25) is 14.9 Å². The van der Waals surface area contributed by atoms with Crippen LogP contribution in [-0.4, -0.2) is 10.7 Å². The number of benzene rings is 1. The number of ketones is 1. The molecule has 0 aliphatic heterocycles. The molecular weight excluding hydrogens is 196 g/mol. The molecule has 0 spiro atoms. The number of hydrogen-bond donors (Lipinski definition) is 1. The summed E-state index contributed by atoms with van der Waals surface area (Å²) in [6.45, 7) is 0. The molecule has 0 saturated heterocycles. The van der Waals surface area contributed by atoms with Crippen LogP contribution in [0.15, 0.2) is 12.1 Å². The molecule has 0 radical (unpaired) electrons. The molecule has 2 N–H and O–H groups in total. The molecule has 5 nitrogen and oxygen atoms in total. The van der Waals surface area contributed by atoms with Crippen LogP contribution in [0.2, 0.25) is 0 Å². The molecule has 0 aromatic heterocycles. The van der Waals surface area contributed by atoms with Crippen LogP contribution in [0.1, 0.15) is 28.8 Å². The monoisotopic (exact) mass is 206 g/mol. The van der Waals surface area contributed by atoms with Crippen molar-refractivity contribution >= 4 is 17.2 Å². The normalized spacial score (nSPS) is 14.8. The Morgan fingerprint density at radius 3 is 2.73 bits per heavy atom. The van der Waals surface area contributed by atoms with E-state index >= 15 is 0 Å². The molecule has 1 aliphatic carbocycles. The fourth-order valence-corrected chi connectivity index (χ4v) is 1.96. The summed E-state index contributed by atoms with van der Waals surface area (Å²) in [5.74, 6) is -0.0857. The number of carbonyl (C=O) groups excluding carboxylic acids is 1. The van der Waals surface area contributed by atoms with Gasteiger partial charge in [0.25, 0.3) is 5.69 Å². The van der Waals surface area contributed by atoms with Crippen molar-refractivity contribution in [2.45, 2.75) is 19.3 Å². The third kappa shape index (κ3) is 1.45. The van der Waals surface area contributed by atoms with Crippen LogP contribution in [0, 0.1) is 10.1 Å². The molecule has 1 aromatic rings. The Morgan fingerprint density at radius 2 is 2.07 bits per heavy atom. The quantitative estimate of drug-likeness (QED) is 0.430. The van der Waals surface area contributed by atoms with Crippen molar-refractivity contribution < 1.29 is 9.72 Å². The summed E-state index contributed by atoms with van der Waals surface area (Å²) < 4.78 is 0. The number of nitrogens with two attached hydrogens (primary N) is 1. The lowest BCUT2D eigenvalue weighted by Gasteiger charge is -2.16. The van der Waals surface area contributed by atoms with Gasteiger partial charge in [-0.25, -0.2) is 0 Å². The molecule has 1 aromatic carbocycles. The lowest BCUT2D eigenvalue weighted by molar-refractivity contribution is -0.385. The Morgan fingerprint density at radius 1 is 1.33 bits per heavy atom. The van der Waals surface area contributed by atoms with E-state index in [0.717, 1.165) is 0 Å². The predicted molar refractivity (Wildman–Crippen MR) is 54.8 cm³/mol. The summed E-state index contributed by atoms with van der Waals surface area (Å²) >= 11 is 0. The fourth-order valence-electron chi connectivity index (χ4n) is 1.96. The Balaban J connectivity index is 2.69. The topological polar surface area (TPSA) is 86.2 Å². The third-order valence-corrected chi connectivity index (χ3v) is 2.63. The van der Waals surface area contributed by atoms with Gasteiger partial charge in [0.1, 0.15) is 0 Å². The third-order valence-electron chi connectivity index (χ3n) is 2.63. The van der Waals surface area contributed by atoms with Gasteiger partial charge in [-0.2, -0.15) is 0 Å². The summed E-state index contributed by atoms with van der Waals surface area (Å²) in [5, 5.41) is 10.7. The molecule has 0 saturated carbocycles. The van der Waals surface area contributed by atoms with Crippen molar-refractivity contribution in [1.82, 2.24) is 0 Å². The van der Waals surface area contributed by atoms with Gasteiger partial charge >= 0.3 is 0 Å². The van der Waals surface area contributed by atoms with Crippen LogP contribution in [0.5, 0.6) is 0 Å². The van der Waals surface area contributed by atoms with Crippen molar-refractivity contribution in [2.75, 3.05) is 5.73 Å². The van der Waals surface area contributed by atoms with E-state index in [4.69, 9.17) is 5.73 Å². The molecule has 0 bridgehead atoms. The number of hydrogen-bond acceptors (Lipinski definition) is 4. The number of rotatable bonds is 1. The second-order valence-electron chi connectivity index (χ2n) is 3.56. The minimum Gasteiger partial charge on any atom is -0.398 e. The van der Waals surface area contributed by atoms with Gasteiger partial charge in [0.05, 0.1) is 10.5 Å². The van der Waals surface area contributed by atoms with Crippen molar-refractivity contribution in [1.29, 1.82) is 0 Å². The molecule has 5 heteroatoms. The summed E-state index contributed by atoms with van der Waals surface area (Å²) in [6, 6.07) is 2.80. The molecular formula is C10H10N2O3. The zero-order valence-corrected chi connectivity index (χ0v) is 8.03. The lowest BCUT2D eigenvalue weighted by atomic mass is 9.88. The SMILES string of the molecule is Nc1ccc([N+](=O)[O-])c2c1C(=O)CCC2. The number of nitrogen functional groups attached to an aromatic ring is 1. The van der Waals surface area contributed by atoms with Crippen molar-refractivity contribution in [3.63, 3.8) is 0 Å². The Hall–Kier alpha value is -1.91. The Kier molecular flexibility index (Phi) is 2.15. The van der Waals surface area contributed by atoms with E-state index in [1.165, 1.54) is 12.1 Å². The number of carbonyl (C=O) groups is 1. The summed E-state index contributed by atoms with van der Waals surface area (Å²) in [5.41, 5.74) is 6.87. The maximum absolute atomic E-state index is 11.6. The second-order valence-corrected chi connectivity index (χ2v) is 3.56. The molecule has 78 valence electrons. The van der Waals surface area contributed by atoms with Gasteiger partial charge in [0.15, 0.2) is 5.78 Å². The van der Waals surface area contributed by atoms with E-state index in [9.17, 15) is 14.9 Å². The highest BCUT2D eigenvalue weighted by Crippen LogP contribution is 2.33. The second kappa shape index (κ2) is 3.34. The molecule has 1 aliphatic rings. The highest BCUT2D eigenvalue weighted by molar-refractivity contribution is 6.04. The van der Waals surface area contributed by atoms with Crippen molar-refractivity contribution in [3.8, 4) is 0 Å². The number of Topliss-reactive ketones (excluding diaryl/α,β-unsaturated/α-hetero) is 1. The summed E-state index contributed by atoms with van der Waals surface area (Å²) in [4.78, 5) is 21.9. The zero-order valence-electron chi connectivity index (χ0n) is 8.03. The van der Waals surface area contributed by atoms with Gasteiger partial charge in [-0.15, -0.1) is 0 Å². The molecule has 0 atom stereocenters. The smallest absolute Gasteiger partial charge is 0.273 e. The number of fused-ring (bicyclic) bond motifs is 1. The molecule has 0 amide bonds. The minimum atomic E-state index is -0.461.